The van der Waals surface area contributed by atoms with E-state index in [9.17, 15) is 29.1 Å². The maximum absolute atomic E-state index is 14.2. The molecule has 1 unspecified atom stereocenters. The summed E-state index contributed by atoms with van der Waals surface area (Å²) in [5, 5.41) is 18.1. The van der Waals surface area contributed by atoms with E-state index >= 15 is 0 Å². The highest BCUT2D eigenvalue weighted by Crippen LogP contribution is 2.28. The fourth-order valence-electron chi connectivity index (χ4n) is 6.61. The maximum atomic E-state index is 14.2. The molecular weight excluding hydrogens is 682 g/mol. The summed E-state index contributed by atoms with van der Waals surface area (Å²) < 4.78 is 11.8. The van der Waals surface area contributed by atoms with Gasteiger partial charge in [0.15, 0.2) is 0 Å². The lowest BCUT2D eigenvalue weighted by molar-refractivity contribution is -0.147. The van der Waals surface area contributed by atoms with E-state index in [0.717, 1.165) is 57.8 Å². The Balaban J connectivity index is 3.13. The van der Waals surface area contributed by atoms with Crippen LogP contribution in [0.15, 0.2) is 0 Å². The number of amides is 5. The third-order valence-electron chi connectivity index (χ3n) is 10.0. The van der Waals surface area contributed by atoms with Crippen molar-refractivity contribution in [2.45, 2.75) is 149 Å². The molecule has 15 nitrogen and oxygen atoms in total. The normalized spacial score (nSPS) is 18.2. The van der Waals surface area contributed by atoms with Crippen molar-refractivity contribution in [3.63, 3.8) is 0 Å². The molecule has 0 aromatic rings. The van der Waals surface area contributed by atoms with Crippen molar-refractivity contribution >= 4 is 29.5 Å². The van der Waals surface area contributed by atoms with Crippen molar-refractivity contribution in [2.75, 3.05) is 40.0 Å². The maximum Gasteiger partial charge on any atom is 0.243 e. The molecule has 0 heterocycles. The van der Waals surface area contributed by atoms with Crippen LogP contribution in [0.25, 0.3) is 0 Å². The number of aliphatic hydroxyl groups is 1. The molecule has 0 bridgehead atoms. The molecule has 1 saturated carbocycles. The predicted molar refractivity (Wildman–Crippen MR) is 205 cm³/mol. The Bertz CT molecular complexity index is 1110. The number of carbonyl (C=O) groups excluding carboxylic acids is 5. The zero-order valence-corrected chi connectivity index (χ0v) is 33.6. The second-order valence-corrected chi connectivity index (χ2v) is 15.4. The minimum atomic E-state index is -1.06. The van der Waals surface area contributed by atoms with Crippen LogP contribution in [0.1, 0.15) is 112 Å². The monoisotopic (exact) mass is 756 g/mol. The number of hydrogen-bond donors (Lipinski definition) is 7. The van der Waals surface area contributed by atoms with E-state index < -0.39 is 59.9 Å². The van der Waals surface area contributed by atoms with E-state index in [1.165, 1.54) is 4.90 Å². The van der Waals surface area contributed by atoms with Gasteiger partial charge in [-0.2, -0.15) is 0 Å². The molecule has 10 N–H and O–H groups in total. The second-order valence-electron chi connectivity index (χ2n) is 15.4. The Morgan fingerprint density at radius 3 is 2.06 bits per heavy atom. The van der Waals surface area contributed by atoms with Gasteiger partial charge in [0, 0.05) is 26.2 Å². The van der Waals surface area contributed by atoms with Crippen molar-refractivity contribution in [3.8, 4) is 0 Å². The van der Waals surface area contributed by atoms with Crippen LogP contribution in [0.2, 0.25) is 0 Å². The van der Waals surface area contributed by atoms with E-state index in [-0.39, 0.29) is 62.6 Å². The molecule has 8 atom stereocenters. The smallest absolute Gasteiger partial charge is 0.243 e. The zero-order valence-electron chi connectivity index (χ0n) is 33.6. The molecule has 0 spiro atoms. The molecule has 5 amide bonds. The molecule has 15 heteroatoms. The highest BCUT2D eigenvalue weighted by atomic mass is 16.5. The quantitative estimate of drug-likeness (QED) is 0.0594. The van der Waals surface area contributed by atoms with Crippen molar-refractivity contribution in [1.82, 2.24) is 20.9 Å². The van der Waals surface area contributed by atoms with Crippen molar-refractivity contribution < 1.29 is 38.6 Å². The predicted octanol–water partition coefficient (Wildman–Crippen LogP) is 1.32. The van der Waals surface area contributed by atoms with Crippen molar-refractivity contribution in [2.24, 2.45) is 40.9 Å². The molecule has 0 radical (unpaired) electrons. The van der Waals surface area contributed by atoms with Crippen LogP contribution in [0.4, 0.5) is 0 Å². The molecule has 0 aromatic carbocycles. The van der Waals surface area contributed by atoms with Crippen LogP contribution >= 0.6 is 0 Å². The summed E-state index contributed by atoms with van der Waals surface area (Å²) in [7, 11) is 1.62. The summed E-state index contributed by atoms with van der Waals surface area (Å²) in [4.78, 5) is 67.9. The van der Waals surface area contributed by atoms with Gasteiger partial charge in [-0.3, -0.25) is 24.0 Å². The van der Waals surface area contributed by atoms with Crippen molar-refractivity contribution in [3.05, 3.63) is 0 Å². The summed E-state index contributed by atoms with van der Waals surface area (Å²) in [5.74, 6) is -3.34. The van der Waals surface area contributed by atoms with E-state index in [2.05, 4.69) is 22.9 Å². The molecular formula is C38H73N7O8. The lowest BCUT2D eigenvalue weighted by Gasteiger charge is -2.36. The van der Waals surface area contributed by atoms with Gasteiger partial charge < -0.3 is 52.6 Å². The number of likely N-dealkylation sites (N-methyl/N-ethyl adjacent to an activating group) is 1. The fraction of sp³-hybridized carbons (Fsp3) is 0.868. The first kappa shape index (κ1) is 48.2. The number of hydrogen-bond acceptors (Lipinski definition) is 10. The first-order valence-electron chi connectivity index (χ1n) is 19.8. The van der Waals surface area contributed by atoms with Gasteiger partial charge >= 0.3 is 0 Å². The third kappa shape index (κ3) is 17.9. The lowest BCUT2D eigenvalue weighted by Crippen LogP contribution is -2.60. The number of primary amides is 1. The van der Waals surface area contributed by atoms with Crippen LogP contribution in [-0.2, 0) is 33.4 Å². The van der Waals surface area contributed by atoms with Gasteiger partial charge in [-0.05, 0) is 44.4 Å². The van der Waals surface area contributed by atoms with E-state index in [4.69, 9.17) is 26.7 Å². The molecule has 1 aliphatic carbocycles. The molecule has 308 valence electrons. The van der Waals surface area contributed by atoms with Gasteiger partial charge in [0.25, 0.3) is 0 Å². The number of rotatable bonds is 27. The Kier molecular flexibility index (Phi) is 23.7. The molecule has 53 heavy (non-hydrogen) atoms. The van der Waals surface area contributed by atoms with Crippen LogP contribution in [0, 0.1) is 23.7 Å². The minimum Gasteiger partial charge on any atom is -0.389 e. The fourth-order valence-corrected chi connectivity index (χ4v) is 6.61. The topological polar surface area (TPSA) is 241 Å². The summed E-state index contributed by atoms with van der Waals surface area (Å²) >= 11 is 0. The summed E-state index contributed by atoms with van der Waals surface area (Å²) in [6.45, 7) is 11.7. The van der Waals surface area contributed by atoms with E-state index in [0.29, 0.717) is 12.8 Å². The largest absolute Gasteiger partial charge is 0.389 e. The zero-order chi connectivity index (χ0) is 40.1. The Morgan fingerprint density at radius 2 is 1.49 bits per heavy atom. The summed E-state index contributed by atoms with van der Waals surface area (Å²) in [6, 6.07) is -3.19. The van der Waals surface area contributed by atoms with Gasteiger partial charge in [0.1, 0.15) is 18.1 Å². The van der Waals surface area contributed by atoms with Gasteiger partial charge in [0.05, 0.1) is 43.9 Å². The Morgan fingerprint density at radius 1 is 0.830 bits per heavy atom. The standard InChI is InChI=1S/C38H73N7O8/c1-8-9-10-14-17-32(53-22-26(5)42-35(48)25(4)21-52-23-29(46)19-39)27(6)38(51)45(7)31(18-24(2)3)36(49)44-33(28-15-12-11-13-16-28)37(50)43-30(20-40)34(41)47/h24-33,46H,8-23,39-40H2,1-7H3,(H2,41,47)(H,42,48)(H,43,50)(H,44,49)/t25-,26+,27+,29?,30-,31-,32+,33-/m0/s1. The summed E-state index contributed by atoms with van der Waals surface area (Å²) in [5.41, 5.74) is 16.5. The molecule has 0 saturated heterocycles. The first-order chi connectivity index (χ1) is 25.1. The number of nitrogens with two attached hydrogens (primary N) is 3. The molecule has 1 rings (SSSR count). The van der Waals surface area contributed by atoms with E-state index in [1.54, 1.807) is 20.9 Å². The second kappa shape index (κ2) is 26.0. The lowest BCUT2D eigenvalue weighted by atomic mass is 9.83. The number of ether oxygens (including phenoxy) is 2. The van der Waals surface area contributed by atoms with Gasteiger partial charge in [-0.25, -0.2) is 0 Å². The highest BCUT2D eigenvalue weighted by molar-refractivity contribution is 5.94. The Hall–Kier alpha value is -2.85. The number of carbonyl (C=O) groups is 5. The number of nitrogens with zero attached hydrogens (tertiary/aromatic N) is 1. The van der Waals surface area contributed by atoms with Crippen molar-refractivity contribution in [1.29, 1.82) is 0 Å². The average Bonchev–Trinajstić information content (AvgIpc) is 3.13. The van der Waals surface area contributed by atoms with Crippen LogP contribution in [0.5, 0.6) is 0 Å². The number of nitrogens with one attached hydrogen (secondary N) is 3. The van der Waals surface area contributed by atoms with Gasteiger partial charge in [-0.15, -0.1) is 0 Å². The molecule has 1 fully saturated rings. The molecule has 0 aromatic heterocycles. The number of aliphatic hydroxyl groups excluding tert-OH is 1. The van der Waals surface area contributed by atoms with Crippen LogP contribution in [0.3, 0.4) is 0 Å². The summed E-state index contributed by atoms with van der Waals surface area (Å²) in [6.07, 6.45) is 8.05. The van der Waals surface area contributed by atoms with Crippen LogP contribution < -0.4 is 33.2 Å². The average molecular weight is 756 g/mol. The highest BCUT2D eigenvalue weighted by Gasteiger charge is 2.38. The van der Waals surface area contributed by atoms with Gasteiger partial charge in [0.2, 0.25) is 29.5 Å². The van der Waals surface area contributed by atoms with Gasteiger partial charge in [-0.1, -0.05) is 79.6 Å². The SMILES string of the molecule is CCCCCC[C@@H](OC[C@@H](C)NC(=O)[C@@H](C)COCC(O)CN)[C@@H](C)C(=O)N(C)[C@@H](CC(C)C)C(=O)N[C@H](C(=O)N[C@@H](CN)C(N)=O)C1CCCCC1. The molecule has 0 aliphatic heterocycles. The third-order valence-corrected chi connectivity index (χ3v) is 10.0. The first-order valence-corrected chi connectivity index (χ1v) is 19.8. The minimum absolute atomic E-state index is 0.0507. The van der Waals surface area contributed by atoms with E-state index in [1.807, 2.05) is 20.8 Å². The number of unbranched alkanes of at least 4 members (excludes halogenated alkanes) is 3. The Labute approximate surface area is 317 Å². The van der Waals surface area contributed by atoms with Crippen LogP contribution in [-0.4, -0.2) is 116 Å². The molecule has 1 aliphatic rings.